The largest absolute Gasteiger partial charge is 0.309 e. The summed E-state index contributed by atoms with van der Waals surface area (Å²) < 4.78 is 2.52. The van der Waals surface area contributed by atoms with Crippen molar-refractivity contribution in [3.8, 4) is 72.4 Å². The average Bonchev–Trinajstić information content (AvgIpc) is 4.21. The van der Waals surface area contributed by atoms with Crippen LogP contribution in [-0.4, -0.2) is 4.57 Å². The molecule has 2 nitrogen and oxygen atoms in total. The number of fused-ring (bicyclic) bond motifs is 13. The predicted octanol–water partition coefficient (Wildman–Crippen LogP) is 20.4. The summed E-state index contributed by atoms with van der Waals surface area (Å²) in [6.45, 7) is 0. The van der Waals surface area contributed by atoms with Gasteiger partial charge in [0.1, 0.15) is 0 Å². The van der Waals surface area contributed by atoms with Crippen molar-refractivity contribution in [1.82, 2.24) is 4.57 Å². The fourth-order valence-corrected chi connectivity index (χ4v) is 13.5. The molecule has 0 amide bonds. The summed E-state index contributed by atoms with van der Waals surface area (Å²) in [7, 11) is 0. The molecule has 16 rings (SSSR count). The van der Waals surface area contributed by atoms with Gasteiger partial charge in [-0.3, -0.25) is 0 Å². The molecule has 0 bridgehead atoms. The molecule has 368 valence electrons. The van der Waals surface area contributed by atoms with Crippen molar-refractivity contribution in [3.05, 3.63) is 326 Å². The number of benzene rings is 13. The first-order valence-corrected chi connectivity index (χ1v) is 27.4. The van der Waals surface area contributed by atoms with Gasteiger partial charge in [0.2, 0.25) is 0 Å². The van der Waals surface area contributed by atoms with Gasteiger partial charge >= 0.3 is 0 Å². The summed E-state index contributed by atoms with van der Waals surface area (Å²) in [5.74, 6) is 0. The van der Waals surface area contributed by atoms with E-state index in [9.17, 15) is 0 Å². The zero-order chi connectivity index (χ0) is 52.0. The summed E-state index contributed by atoms with van der Waals surface area (Å²) >= 11 is 0. The molecule has 0 N–H and O–H groups in total. The molecule has 1 aliphatic heterocycles. The normalized spacial score (nSPS) is 13.9. The number of rotatable bonds is 8. The lowest BCUT2D eigenvalue weighted by atomic mass is 9.65. The van der Waals surface area contributed by atoms with E-state index in [1.54, 1.807) is 0 Å². The molecule has 2 heterocycles. The quantitative estimate of drug-likeness (QED) is 0.147. The Balaban J connectivity index is 0.838. The summed E-state index contributed by atoms with van der Waals surface area (Å²) in [5.41, 5.74) is 26.3. The maximum absolute atomic E-state index is 2.52. The molecular formula is C77H50N2. The number of aromatic nitrogens is 1. The van der Waals surface area contributed by atoms with Crippen LogP contribution >= 0.6 is 0 Å². The first-order valence-electron chi connectivity index (χ1n) is 27.4. The van der Waals surface area contributed by atoms with Crippen LogP contribution in [-0.2, 0) is 5.41 Å². The molecule has 0 saturated carbocycles. The van der Waals surface area contributed by atoms with Crippen LogP contribution < -0.4 is 4.90 Å². The highest BCUT2D eigenvalue weighted by atomic mass is 15.1. The van der Waals surface area contributed by atoms with E-state index in [-0.39, 0.29) is 0 Å². The summed E-state index contributed by atoms with van der Waals surface area (Å²) in [5, 5.41) is 4.93. The number of hydrogen-bond acceptors (Lipinski definition) is 1. The number of nitrogens with zero attached hydrogens (tertiary/aromatic N) is 2. The molecule has 0 fully saturated rings. The van der Waals surface area contributed by atoms with Crippen molar-refractivity contribution in [2.24, 2.45) is 0 Å². The van der Waals surface area contributed by atoms with Gasteiger partial charge in [0.25, 0.3) is 0 Å². The molecule has 0 saturated heterocycles. The highest BCUT2D eigenvalue weighted by Gasteiger charge is 2.50. The Bertz CT molecular complexity index is 4580. The van der Waals surface area contributed by atoms with E-state index in [1.807, 2.05) is 0 Å². The molecule has 13 aromatic carbocycles. The molecule has 2 aliphatic rings. The lowest BCUT2D eigenvalue weighted by Crippen LogP contribution is -2.33. The van der Waals surface area contributed by atoms with Crippen LogP contribution in [0.2, 0.25) is 0 Å². The van der Waals surface area contributed by atoms with Crippen molar-refractivity contribution in [2.75, 3.05) is 4.90 Å². The van der Waals surface area contributed by atoms with Crippen LogP contribution in [0.3, 0.4) is 0 Å². The van der Waals surface area contributed by atoms with E-state index in [0.717, 1.165) is 39.3 Å². The minimum absolute atomic E-state index is 0.516. The monoisotopic (exact) mass is 1000 g/mol. The van der Waals surface area contributed by atoms with Crippen molar-refractivity contribution >= 4 is 49.6 Å². The molecule has 1 unspecified atom stereocenters. The fourth-order valence-electron chi connectivity index (χ4n) is 13.5. The Labute approximate surface area is 460 Å². The average molecular weight is 1000 g/mol. The highest BCUT2D eigenvalue weighted by molar-refractivity contribution is 6.13. The van der Waals surface area contributed by atoms with Crippen LogP contribution in [0.4, 0.5) is 17.1 Å². The van der Waals surface area contributed by atoms with Crippen molar-refractivity contribution in [2.45, 2.75) is 5.41 Å². The van der Waals surface area contributed by atoms with E-state index in [4.69, 9.17) is 0 Å². The van der Waals surface area contributed by atoms with Crippen molar-refractivity contribution in [3.63, 3.8) is 0 Å². The van der Waals surface area contributed by atoms with E-state index in [1.165, 1.54) is 105 Å². The van der Waals surface area contributed by atoms with Gasteiger partial charge in [-0.2, -0.15) is 0 Å². The van der Waals surface area contributed by atoms with Gasteiger partial charge < -0.3 is 9.47 Å². The Morgan fingerprint density at radius 2 is 0.734 bits per heavy atom. The van der Waals surface area contributed by atoms with Crippen LogP contribution in [0, 0.1) is 0 Å². The SMILES string of the molecule is c1ccc(-c2ccc(-c3ccccc3N(c3ccc4cc(-c5ccc6c(c5)C5(c7ccccc7-6)c6ccccc6-n6c7ccccc7c7cccc5c76)ccc4c3)c3ccccc3-c3ccc(-c4ccccc4)cc3)cc2)cc1. The van der Waals surface area contributed by atoms with Crippen molar-refractivity contribution < 1.29 is 0 Å². The van der Waals surface area contributed by atoms with Crippen LogP contribution in [0.15, 0.2) is 303 Å². The second kappa shape index (κ2) is 17.9. The molecule has 1 aromatic heterocycles. The minimum Gasteiger partial charge on any atom is -0.309 e. The number of para-hydroxylation sites is 5. The Kier molecular flexibility index (Phi) is 10.2. The minimum atomic E-state index is -0.516. The first kappa shape index (κ1) is 45.0. The molecule has 14 aromatic rings. The molecule has 79 heavy (non-hydrogen) atoms. The van der Waals surface area contributed by atoms with E-state index >= 15 is 0 Å². The third-order valence-corrected chi connectivity index (χ3v) is 17.0. The second-order valence-electron chi connectivity index (χ2n) is 21.1. The van der Waals surface area contributed by atoms with E-state index in [0.29, 0.717) is 0 Å². The lowest BCUT2D eigenvalue weighted by Gasteiger charge is -2.39. The van der Waals surface area contributed by atoms with Gasteiger partial charge in [0.05, 0.1) is 33.5 Å². The fraction of sp³-hybridized carbons (Fsp3) is 0.0130. The van der Waals surface area contributed by atoms with Crippen LogP contribution in [0.25, 0.3) is 105 Å². The third-order valence-electron chi connectivity index (χ3n) is 17.0. The molecule has 1 atom stereocenters. The summed E-state index contributed by atoms with van der Waals surface area (Å²) in [6, 6.07) is 112. The van der Waals surface area contributed by atoms with Crippen LogP contribution in [0.1, 0.15) is 22.3 Å². The lowest BCUT2D eigenvalue weighted by molar-refractivity contribution is 0.749. The molecule has 2 heteroatoms. The molecule has 0 radical (unpaired) electrons. The van der Waals surface area contributed by atoms with Gasteiger partial charge in [-0.25, -0.2) is 0 Å². The number of anilines is 3. The highest BCUT2D eigenvalue weighted by Crippen LogP contribution is 2.61. The van der Waals surface area contributed by atoms with Gasteiger partial charge in [-0.1, -0.05) is 255 Å². The maximum atomic E-state index is 2.52. The molecule has 1 aliphatic carbocycles. The van der Waals surface area contributed by atoms with Gasteiger partial charge in [-0.05, 0) is 137 Å². The Morgan fingerprint density at radius 1 is 0.266 bits per heavy atom. The Hall–Kier alpha value is -10.3. The Morgan fingerprint density at radius 3 is 1.43 bits per heavy atom. The smallest absolute Gasteiger partial charge is 0.0754 e. The van der Waals surface area contributed by atoms with Crippen LogP contribution in [0.5, 0.6) is 0 Å². The van der Waals surface area contributed by atoms with Gasteiger partial charge in [0.15, 0.2) is 0 Å². The standard InChI is InChI=1S/C77H50N2/c1-3-18-51(19-4-1)53-34-38-55(39-35-53)62-22-8-13-30-72(62)78(73-31-14-9-23-63(73)56-40-36-54(37-41-56)52-20-5-2-6-21-52)61-46-44-58-48-57(42-43-59(58)49-61)60-45-47-65-64-24-7-11-27-68(64)77(71(65)50-60)69-28-12-16-33-75(69)79-74-32-15-10-25-66(74)67-26-17-29-70(77)76(67)79/h1-50H. The van der Waals surface area contributed by atoms with Gasteiger partial charge in [-0.15, -0.1) is 0 Å². The topological polar surface area (TPSA) is 8.17 Å². The third kappa shape index (κ3) is 6.91. The molecular weight excluding hydrogens is 953 g/mol. The maximum Gasteiger partial charge on any atom is 0.0754 e. The van der Waals surface area contributed by atoms with E-state index in [2.05, 4.69) is 313 Å². The zero-order valence-electron chi connectivity index (χ0n) is 43.3. The second-order valence-corrected chi connectivity index (χ2v) is 21.1. The van der Waals surface area contributed by atoms with Gasteiger partial charge in [0, 0.05) is 27.6 Å². The zero-order valence-corrected chi connectivity index (χ0v) is 43.3. The number of hydrogen-bond donors (Lipinski definition) is 0. The molecule has 1 spiro atoms. The summed E-state index contributed by atoms with van der Waals surface area (Å²) in [6.07, 6.45) is 0. The first-order chi connectivity index (χ1) is 39.2. The summed E-state index contributed by atoms with van der Waals surface area (Å²) in [4.78, 5) is 2.47. The predicted molar refractivity (Wildman–Crippen MR) is 331 cm³/mol. The van der Waals surface area contributed by atoms with Crippen molar-refractivity contribution in [1.29, 1.82) is 0 Å². The van der Waals surface area contributed by atoms with E-state index < -0.39 is 5.41 Å².